The van der Waals surface area contributed by atoms with Crippen LogP contribution in [-0.2, 0) is 0 Å². The monoisotopic (exact) mass is 147 g/mol. The molecule has 2 rings (SSSR count). The SMILES string of the molecule is FC1(F)[C@@H]2CC[C@@H]1CNC2. The zero-order valence-corrected chi connectivity index (χ0v) is 5.74. The number of hydrogen-bond donors (Lipinski definition) is 1. The quantitative estimate of drug-likeness (QED) is 0.543. The van der Waals surface area contributed by atoms with E-state index in [-0.39, 0.29) is 11.8 Å². The van der Waals surface area contributed by atoms with Crippen molar-refractivity contribution in [1.82, 2.24) is 5.32 Å². The van der Waals surface area contributed by atoms with Gasteiger partial charge in [-0.15, -0.1) is 0 Å². The second kappa shape index (κ2) is 1.91. The van der Waals surface area contributed by atoms with Crippen molar-refractivity contribution in [2.45, 2.75) is 18.8 Å². The standard InChI is InChI=1S/C7H11F2N/c8-7(9)5-1-2-6(7)4-10-3-5/h5-6,10H,1-4H2/t5-,6-/m1/s1. The molecule has 58 valence electrons. The van der Waals surface area contributed by atoms with Crippen molar-refractivity contribution in [2.24, 2.45) is 11.8 Å². The van der Waals surface area contributed by atoms with E-state index in [2.05, 4.69) is 5.32 Å². The molecule has 0 aromatic carbocycles. The maximum absolute atomic E-state index is 13.0. The van der Waals surface area contributed by atoms with Gasteiger partial charge in [-0.3, -0.25) is 0 Å². The predicted molar refractivity (Wildman–Crippen MR) is 34.0 cm³/mol. The Morgan fingerprint density at radius 3 is 2.00 bits per heavy atom. The van der Waals surface area contributed by atoms with Crippen molar-refractivity contribution in [3.63, 3.8) is 0 Å². The van der Waals surface area contributed by atoms with E-state index in [1.165, 1.54) is 0 Å². The zero-order valence-electron chi connectivity index (χ0n) is 5.74. The summed E-state index contributed by atoms with van der Waals surface area (Å²) in [6, 6.07) is 0. The molecular formula is C7H11F2N. The Bertz CT molecular complexity index is 129. The largest absolute Gasteiger partial charge is 0.316 e. The van der Waals surface area contributed by atoms with Gasteiger partial charge in [0.1, 0.15) is 0 Å². The van der Waals surface area contributed by atoms with Crippen LogP contribution in [0.15, 0.2) is 0 Å². The molecule has 1 saturated carbocycles. The maximum atomic E-state index is 13.0. The Hall–Kier alpha value is -0.180. The molecule has 1 aliphatic heterocycles. The second-order valence-electron chi connectivity index (χ2n) is 3.30. The van der Waals surface area contributed by atoms with E-state index < -0.39 is 5.92 Å². The molecule has 0 spiro atoms. The van der Waals surface area contributed by atoms with E-state index in [9.17, 15) is 8.78 Å². The molecular weight excluding hydrogens is 136 g/mol. The first-order valence-corrected chi connectivity index (χ1v) is 3.80. The Balaban J connectivity index is 2.21. The van der Waals surface area contributed by atoms with Gasteiger partial charge in [0, 0.05) is 24.9 Å². The number of alkyl halides is 2. The van der Waals surface area contributed by atoms with Crippen LogP contribution in [0.2, 0.25) is 0 Å². The summed E-state index contributed by atoms with van der Waals surface area (Å²) in [5, 5.41) is 3.02. The van der Waals surface area contributed by atoms with Crippen molar-refractivity contribution in [2.75, 3.05) is 13.1 Å². The van der Waals surface area contributed by atoms with Gasteiger partial charge in [0.05, 0.1) is 0 Å². The number of nitrogens with one attached hydrogen (secondary N) is 1. The first kappa shape index (κ1) is 6.53. The molecule has 2 atom stereocenters. The molecule has 1 aliphatic carbocycles. The van der Waals surface area contributed by atoms with Crippen LogP contribution in [0, 0.1) is 11.8 Å². The lowest BCUT2D eigenvalue weighted by atomic mass is 9.96. The van der Waals surface area contributed by atoms with Gasteiger partial charge in [-0.05, 0) is 12.8 Å². The number of halogens is 2. The van der Waals surface area contributed by atoms with Gasteiger partial charge in [-0.1, -0.05) is 0 Å². The van der Waals surface area contributed by atoms with Crippen LogP contribution < -0.4 is 5.32 Å². The summed E-state index contributed by atoms with van der Waals surface area (Å²) in [5.74, 6) is -3.09. The summed E-state index contributed by atoms with van der Waals surface area (Å²) in [6.07, 6.45) is 1.43. The smallest absolute Gasteiger partial charge is 0.256 e. The predicted octanol–water partition coefficient (Wildman–Crippen LogP) is 1.25. The van der Waals surface area contributed by atoms with Gasteiger partial charge in [-0.25, -0.2) is 8.78 Å². The van der Waals surface area contributed by atoms with Crippen LogP contribution >= 0.6 is 0 Å². The first-order valence-electron chi connectivity index (χ1n) is 3.80. The van der Waals surface area contributed by atoms with E-state index in [1.54, 1.807) is 0 Å². The van der Waals surface area contributed by atoms with Gasteiger partial charge in [0.25, 0.3) is 5.92 Å². The van der Waals surface area contributed by atoms with E-state index >= 15 is 0 Å². The summed E-state index contributed by atoms with van der Waals surface area (Å²) in [5.41, 5.74) is 0. The molecule has 0 radical (unpaired) electrons. The number of rotatable bonds is 0. The third kappa shape index (κ3) is 0.698. The van der Waals surface area contributed by atoms with Crippen molar-refractivity contribution in [3.05, 3.63) is 0 Å². The average molecular weight is 147 g/mol. The molecule has 1 N–H and O–H groups in total. The number of hydrogen-bond acceptors (Lipinski definition) is 1. The van der Waals surface area contributed by atoms with Gasteiger partial charge in [-0.2, -0.15) is 0 Å². The Morgan fingerprint density at radius 1 is 1.10 bits per heavy atom. The van der Waals surface area contributed by atoms with Crippen LogP contribution in [0.1, 0.15) is 12.8 Å². The van der Waals surface area contributed by atoms with E-state index in [4.69, 9.17) is 0 Å². The molecule has 0 aromatic heterocycles. The number of fused-ring (bicyclic) bond motifs is 2. The summed E-state index contributed by atoms with van der Waals surface area (Å²) in [7, 11) is 0. The van der Waals surface area contributed by atoms with Crippen molar-refractivity contribution in [1.29, 1.82) is 0 Å². The topological polar surface area (TPSA) is 12.0 Å². The minimum Gasteiger partial charge on any atom is -0.316 e. The van der Waals surface area contributed by atoms with Gasteiger partial charge in [0.2, 0.25) is 0 Å². The molecule has 3 heteroatoms. The van der Waals surface area contributed by atoms with E-state index in [0.29, 0.717) is 25.9 Å². The minimum atomic E-state index is -2.36. The lowest BCUT2D eigenvalue weighted by molar-refractivity contribution is -0.0890. The maximum Gasteiger partial charge on any atom is 0.256 e. The highest BCUT2D eigenvalue weighted by atomic mass is 19.3. The summed E-state index contributed by atoms with van der Waals surface area (Å²) in [6.45, 7) is 1.03. The van der Waals surface area contributed by atoms with E-state index in [1.807, 2.05) is 0 Å². The molecule has 0 amide bonds. The molecule has 0 unspecified atom stereocenters. The van der Waals surface area contributed by atoms with Crippen LogP contribution in [-0.4, -0.2) is 19.0 Å². The molecule has 1 heterocycles. The number of piperidine rings is 1. The third-order valence-electron chi connectivity index (χ3n) is 2.73. The highest BCUT2D eigenvalue weighted by Crippen LogP contribution is 2.46. The Kier molecular flexibility index (Phi) is 1.24. The van der Waals surface area contributed by atoms with Crippen LogP contribution in [0.4, 0.5) is 8.78 Å². The molecule has 1 nitrogen and oxygen atoms in total. The fraction of sp³-hybridized carbons (Fsp3) is 1.00. The Labute approximate surface area is 58.8 Å². The summed E-state index contributed by atoms with van der Waals surface area (Å²) < 4.78 is 26.0. The fourth-order valence-electron chi connectivity index (χ4n) is 2.03. The third-order valence-corrected chi connectivity index (χ3v) is 2.73. The van der Waals surface area contributed by atoms with Crippen molar-refractivity contribution < 1.29 is 8.78 Å². The lowest BCUT2D eigenvalue weighted by Crippen LogP contribution is -2.46. The first-order chi connectivity index (χ1) is 4.71. The Morgan fingerprint density at radius 2 is 1.60 bits per heavy atom. The van der Waals surface area contributed by atoms with Gasteiger partial charge < -0.3 is 5.32 Å². The lowest BCUT2D eigenvalue weighted by Gasteiger charge is -2.30. The highest BCUT2D eigenvalue weighted by Gasteiger charge is 2.53. The normalized spacial score (nSPS) is 43.8. The zero-order chi connectivity index (χ0) is 7.19. The molecule has 2 aliphatic rings. The highest BCUT2D eigenvalue weighted by molar-refractivity contribution is 4.97. The second-order valence-corrected chi connectivity index (χ2v) is 3.30. The van der Waals surface area contributed by atoms with Crippen LogP contribution in [0.5, 0.6) is 0 Å². The summed E-state index contributed by atoms with van der Waals surface area (Å²) in [4.78, 5) is 0. The molecule has 10 heavy (non-hydrogen) atoms. The van der Waals surface area contributed by atoms with Gasteiger partial charge in [0.15, 0.2) is 0 Å². The summed E-state index contributed by atoms with van der Waals surface area (Å²) >= 11 is 0. The molecule has 1 saturated heterocycles. The van der Waals surface area contributed by atoms with Crippen LogP contribution in [0.25, 0.3) is 0 Å². The fourth-order valence-corrected chi connectivity index (χ4v) is 2.03. The molecule has 2 fully saturated rings. The average Bonchev–Trinajstić information content (AvgIpc) is 2.17. The van der Waals surface area contributed by atoms with Gasteiger partial charge >= 0.3 is 0 Å². The van der Waals surface area contributed by atoms with Crippen molar-refractivity contribution in [3.8, 4) is 0 Å². The van der Waals surface area contributed by atoms with Crippen LogP contribution in [0.3, 0.4) is 0 Å². The van der Waals surface area contributed by atoms with Crippen molar-refractivity contribution >= 4 is 0 Å². The molecule has 0 aromatic rings. The van der Waals surface area contributed by atoms with E-state index in [0.717, 1.165) is 0 Å². The minimum absolute atomic E-state index is 0.369. The molecule has 2 bridgehead atoms.